The zero-order valence-electron chi connectivity index (χ0n) is 12.3. The average Bonchev–Trinajstić information content (AvgIpc) is 3.12. The first-order chi connectivity index (χ1) is 9.40. The summed E-state index contributed by atoms with van der Waals surface area (Å²) >= 11 is 5.93. The normalized spacial score (nSPS) is 25.6. The second-order valence-corrected chi connectivity index (χ2v) is 6.50. The van der Waals surface area contributed by atoms with Crippen molar-refractivity contribution >= 4 is 17.5 Å². The van der Waals surface area contributed by atoms with E-state index >= 15 is 0 Å². The molecule has 2 rings (SSSR count). The van der Waals surface area contributed by atoms with Crippen LogP contribution in [0.25, 0.3) is 0 Å². The van der Waals surface area contributed by atoms with Crippen molar-refractivity contribution in [1.82, 2.24) is 5.32 Å². The van der Waals surface area contributed by atoms with Gasteiger partial charge in [-0.2, -0.15) is 0 Å². The summed E-state index contributed by atoms with van der Waals surface area (Å²) in [5.41, 5.74) is 6.93. The molecule has 0 saturated heterocycles. The Balaban J connectivity index is 2.13. The standard InChI is InChI=1S/C16H23ClN2O/c1-9-8-14(9)15(12-4-6-13(17)7-5-12)19-16(20)10(2)11(3)18/h4-7,9-11,14-15H,8,18H2,1-3H3,(H,19,20). The fourth-order valence-electron chi connectivity index (χ4n) is 2.45. The van der Waals surface area contributed by atoms with E-state index in [0.29, 0.717) is 16.9 Å². The lowest BCUT2D eigenvalue weighted by molar-refractivity contribution is -0.125. The molecule has 5 atom stereocenters. The van der Waals surface area contributed by atoms with Gasteiger partial charge in [0.05, 0.1) is 6.04 Å². The summed E-state index contributed by atoms with van der Waals surface area (Å²) in [6, 6.07) is 7.66. The molecule has 20 heavy (non-hydrogen) atoms. The molecule has 4 heteroatoms. The topological polar surface area (TPSA) is 55.1 Å². The molecular formula is C16H23ClN2O. The van der Waals surface area contributed by atoms with Gasteiger partial charge < -0.3 is 11.1 Å². The lowest BCUT2D eigenvalue weighted by Crippen LogP contribution is -2.40. The van der Waals surface area contributed by atoms with Crippen molar-refractivity contribution in [3.8, 4) is 0 Å². The van der Waals surface area contributed by atoms with Crippen LogP contribution >= 0.6 is 11.6 Å². The molecule has 0 heterocycles. The summed E-state index contributed by atoms with van der Waals surface area (Å²) < 4.78 is 0. The van der Waals surface area contributed by atoms with Gasteiger partial charge in [-0.3, -0.25) is 4.79 Å². The average molecular weight is 295 g/mol. The smallest absolute Gasteiger partial charge is 0.224 e. The minimum Gasteiger partial charge on any atom is -0.349 e. The Hall–Kier alpha value is -1.06. The van der Waals surface area contributed by atoms with E-state index in [2.05, 4.69) is 12.2 Å². The van der Waals surface area contributed by atoms with Gasteiger partial charge in [-0.1, -0.05) is 37.6 Å². The van der Waals surface area contributed by atoms with Crippen LogP contribution in [-0.2, 0) is 4.79 Å². The Labute approximate surface area is 125 Å². The summed E-state index contributed by atoms with van der Waals surface area (Å²) in [4.78, 5) is 12.3. The molecular weight excluding hydrogens is 272 g/mol. The maximum absolute atomic E-state index is 12.3. The molecule has 0 aliphatic heterocycles. The van der Waals surface area contributed by atoms with Gasteiger partial charge in [0.15, 0.2) is 0 Å². The van der Waals surface area contributed by atoms with Crippen molar-refractivity contribution < 1.29 is 4.79 Å². The number of nitrogens with two attached hydrogens (primary N) is 1. The molecule has 1 saturated carbocycles. The lowest BCUT2D eigenvalue weighted by atomic mass is 9.98. The third-order valence-electron chi connectivity index (χ3n) is 4.33. The van der Waals surface area contributed by atoms with Gasteiger partial charge >= 0.3 is 0 Å². The molecule has 3 nitrogen and oxygen atoms in total. The summed E-state index contributed by atoms with van der Waals surface area (Å²) in [6.45, 7) is 5.95. The van der Waals surface area contributed by atoms with Crippen LogP contribution in [0, 0.1) is 17.8 Å². The van der Waals surface area contributed by atoms with Crippen molar-refractivity contribution in [3.05, 3.63) is 34.9 Å². The van der Waals surface area contributed by atoms with Gasteiger partial charge in [0, 0.05) is 17.0 Å². The van der Waals surface area contributed by atoms with Gasteiger partial charge in [0.1, 0.15) is 0 Å². The number of benzene rings is 1. The van der Waals surface area contributed by atoms with E-state index in [4.69, 9.17) is 17.3 Å². The monoisotopic (exact) mass is 294 g/mol. The maximum atomic E-state index is 12.3. The predicted octanol–water partition coefficient (Wildman–Crippen LogP) is 3.14. The summed E-state index contributed by atoms with van der Waals surface area (Å²) in [7, 11) is 0. The summed E-state index contributed by atoms with van der Waals surface area (Å²) in [6.07, 6.45) is 1.15. The SMILES string of the molecule is CC(N)C(C)C(=O)NC(c1ccc(Cl)cc1)C1CC1C. The Morgan fingerprint density at radius 3 is 2.35 bits per heavy atom. The van der Waals surface area contributed by atoms with Crippen molar-refractivity contribution in [3.63, 3.8) is 0 Å². The Morgan fingerprint density at radius 1 is 1.35 bits per heavy atom. The van der Waals surface area contributed by atoms with Crippen molar-refractivity contribution in [2.24, 2.45) is 23.5 Å². The number of nitrogens with one attached hydrogen (secondary N) is 1. The molecule has 0 spiro atoms. The van der Waals surface area contributed by atoms with Crippen LogP contribution in [-0.4, -0.2) is 11.9 Å². The molecule has 1 amide bonds. The molecule has 1 fully saturated rings. The Bertz CT molecular complexity index is 472. The fraction of sp³-hybridized carbons (Fsp3) is 0.562. The Morgan fingerprint density at radius 2 is 1.90 bits per heavy atom. The first-order valence-corrected chi connectivity index (χ1v) is 7.59. The van der Waals surface area contributed by atoms with Gasteiger partial charge in [-0.15, -0.1) is 0 Å². The minimum atomic E-state index is -0.182. The van der Waals surface area contributed by atoms with Crippen LogP contribution < -0.4 is 11.1 Å². The predicted molar refractivity (Wildman–Crippen MR) is 82.4 cm³/mol. The van der Waals surface area contributed by atoms with Gasteiger partial charge in [-0.25, -0.2) is 0 Å². The fourth-order valence-corrected chi connectivity index (χ4v) is 2.57. The van der Waals surface area contributed by atoms with Crippen molar-refractivity contribution in [2.75, 3.05) is 0 Å². The van der Waals surface area contributed by atoms with Gasteiger partial charge in [-0.05, 0) is 42.9 Å². The first kappa shape index (κ1) is 15.3. The van der Waals surface area contributed by atoms with E-state index in [-0.39, 0.29) is 23.9 Å². The molecule has 110 valence electrons. The molecule has 1 aromatic carbocycles. The van der Waals surface area contributed by atoms with E-state index in [1.54, 1.807) is 0 Å². The van der Waals surface area contributed by atoms with E-state index < -0.39 is 0 Å². The van der Waals surface area contributed by atoms with Crippen LogP contribution in [0.4, 0.5) is 0 Å². The van der Waals surface area contributed by atoms with Crippen LogP contribution in [0.2, 0.25) is 5.02 Å². The van der Waals surface area contributed by atoms with Gasteiger partial charge in [0.2, 0.25) is 5.91 Å². The van der Waals surface area contributed by atoms with Crippen LogP contribution in [0.15, 0.2) is 24.3 Å². The minimum absolute atomic E-state index is 0.0269. The molecule has 1 aliphatic rings. The first-order valence-electron chi connectivity index (χ1n) is 7.21. The largest absolute Gasteiger partial charge is 0.349 e. The third kappa shape index (κ3) is 3.53. The molecule has 3 N–H and O–H groups in total. The molecule has 5 unspecified atom stereocenters. The van der Waals surface area contributed by atoms with Crippen molar-refractivity contribution in [2.45, 2.75) is 39.3 Å². The number of rotatable bonds is 5. The van der Waals surface area contributed by atoms with E-state index in [1.165, 1.54) is 0 Å². The second-order valence-electron chi connectivity index (χ2n) is 6.06. The summed E-state index contributed by atoms with van der Waals surface area (Å²) in [5, 5.41) is 3.88. The van der Waals surface area contributed by atoms with Crippen LogP contribution in [0.5, 0.6) is 0 Å². The number of carbonyl (C=O) groups is 1. The van der Waals surface area contributed by atoms with E-state index in [1.807, 2.05) is 38.1 Å². The number of amides is 1. The highest BCUT2D eigenvalue weighted by Crippen LogP contribution is 2.47. The highest BCUT2D eigenvalue weighted by molar-refractivity contribution is 6.30. The lowest BCUT2D eigenvalue weighted by Gasteiger charge is -2.23. The number of halogens is 1. The molecule has 1 aromatic rings. The van der Waals surface area contributed by atoms with Crippen LogP contribution in [0.3, 0.4) is 0 Å². The maximum Gasteiger partial charge on any atom is 0.224 e. The summed E-state index contributed by atoms with van der Waals surface area (Å²) in [5.74, 6) is 1.01. The highest BCUT2D eigenvalue weighted by atomic mass is 35.5. The molecule has 0 aromatic heterocycles. The second kappa shape index (κ2) is 6.15. The molecule has 1 aliphatic carbocycles. The van der Waals surface area contributed by atoms with Gasteiger partial charge in [0.25, 0.3) is 0 Å². The Kier molecular flexibility index (Phi) is 4.71. The third-order valence-corrected chi connectivity index (χ3v) is 4.58. The number of hydrogen-bond donors (Lipinski definition) is 2. The quantitative estimate of drug-likeness (QED) is 0.876. The zero-order valence-corrected chi connectivity index (χ0v) is 13.0. The number of carbonyl (C=O) groups excluding carboxylic acids is 1. The van der Waals surface area contributed by atoms with E-state index in [0.717, 1.165) is 12.0 Å². The molecule has 0 radical (unpaired) electrons. The number of hydrogen-bond acceptors (Lipinski definition) is 2. The van der Waals surface area contributed by atoms with Crippen LogP contribution in [0.1, 0.15) is 38.8 Å². The van der Waals surface area contributed by atoms with E-state index in [9.17, 15) is 4.79 Å². The van der Waals surface area contributed by atoms with Crippen molar-refractivity contribution in [1.29, 1.82) is 0 Å². The zero-order chi connectivity index (χ0) is 14.9. The molecule has 0 bridgehead atoms. The highest BCUT2D eigenvalue weighted by Gasteiger charge is 2.41.